The van der Waals surface area contributed by atoms with Gasteiger partial charge in [-0.25, -0.2) is 9.59 Å². The van der Waals surface area contributed by atoms with Crippen LogP contribution >= 0.6 is 0 Å². The summed E-state index contributed by atoms with van der Waals surface area (Å²) in [7, 11) is 0. The minimum Gasteiger partial charge on any atom is -0.480 e. The Labute approximate surface area is 94.6 Å². The number of rotatable bonds is 5. The number of carboxylic acids is 1. The first kappa shape index (κ1) is 14.7. The van der Waals surface area contributed by atoms with E-state index in [1.807, 2.05) is 0 Å². The first-order chi connectivity index (χ1) is 7.26. The van der Waals surface area contributed by atoms with Crippen LogP contribution < -0.4 is 5.32 Å². The standard InChI is InChI=1S/C10H19NO5/c1-10(2,3)16-9(15)11-7(8(13)14)5-4-6-12/h7,12H,4-6H2,1-3H3,(H,11,15)(H,13,14). The summed E-state index contributed by atoms with van der Waals surface area (Å²) in [6, 6.07) is -1.03. The summed E-state index contributed by atoms with van der Waals surface area (Å²) >= 11 is 0. The first-order valence-corrected chi connectivity index (χ1v) is 5.09. The Bertz CT molecular complexity index is 246. The highest BCUT2D eigenvalue weighted by atomic mass is 16.6. The van der Waals surface area contributed by atoms with Crippen molar-refractivity contribution in [3.63, 3.8) is 0 Å². The highest BCUT2D eigenvalue weighted by Crippen LogP contribution is 2.07. The van der Waals surface area contributed by atoms with Gasteiger partial charge in [-0.15, -0.1) is 0 Å². The predicted molar refractivity (Wildman–Crippen MR) is 57.1 cm³/mol. The number of hydrogen-bond acceptors (Lipinski definition) is 4. The molecule has 0 bridgehead atoms. The van der Waals surface area contributed by atoms with E-state index in [0.717, 1.165) is 0 Å². The van der Waals surface area contributed by atoms with Crippen molar-refractivity contribution in [3.8, 4) is 0 Å². The molecule has 3 N–H and O–H groups in total. The maximum absolute atomic E-state index is 11.3. The quantitative estimate of drug-likeness (QED) is 0.650. The molecule has 0 aliphatic heterocycles. The third kappa shape index (κ3) is 7.05. The molecular weight excluding hydrogens is 214 g/mol. The van der Waals surface area contributed by atoms with Gasteiger partial charge in [-0.05, 0) is 33.6 Å². The van der Waals surface area contributed by atoms with Gasteiger partial charge in [-0.3, -0.25) is 0 Å². The van der Waals surface area contributed by atoms with Crippen LogP contribution in [0.5, 0.6) is 0 Å². The molecule has 0 aromatic carbocycles. The molecule has 0 saturated carbocycles. The molecule has 0 saturated heterocycles. The van der Waals surface area contributed by atoms with Crippen molar-refractivity contribution in [2.45, 2.75) is 45.3 Å². The number of ether oxygens (including phenoxy) is 1. The third-order valence-electron chi connectivity index (χ3n) is 1.64. The number of aliphatic carboxylic acids is 1. The summed E-state index contributed by atoms with van der Waals surface area (Å²) in [6.45, 7) is 4.96. The first-order valence-electron chi connectivity index (χ1n) is 5.09. The van der Waals surface area contributed by atoms with E-state index in [1.165, 1.54) is 0 Å². The van der Waals surface area contributed by atoms with Crippen molar-refractivity contribution in [2.24, 2.45) is 0 Å². The van der Waals surface area contributed by atoms with Gasteiger partial charge in [-0.1, -0.05) is 0 Å². The van der Waals surface area contributed by atoms with Crippen LogP contribution in [0, 0.1) is 0 Å². The fraction of sp³-hybridized carbons (Fsp3) is 0.800. The second-order valence-corrected chi connectivity index (χ2v) is 4.40. The van der Waals surface area contributed by atoms with Gasteiger partial charge in [0.25, 0.3) is 0 Å². The second kappa shape index (κ2) is 6.32. The predicted octanol–water partition coefficient (Wildman–Crippen LogP) is 0.737. The van der Waals surface area contributed by atoms with E-state index in [-0.39, 0.29) is 13.0 Å². The van der Waals surface area contributed by atoms with Crippen molar-refractivity contribution in [1.82, 2.24) is 5.32 Å². The van der Waals surface area contributed by atoms with E-state index in [9.17, 15) is 9.59 Å². The Kier molecular flexibility index (Phi) is 5.81. The molecule has 0 fully saturated rings. The molecule has 94 valence electrons. The van der Waals surface area contributed by atoms with Gasteiger partial charge in [0.1, 0.15) is 11.6 Å². The summed E-state index contributed by atoms with van der Waals surface area (Å²) in [6.07, 6.45) is -0.282. The highest BCUT2D eigenvalue weighted by Gasteiger charge is 2.23. The molecule has 0 radical (unpaired) electrons. The van der Waals surface area contributed by atoms with Crippen LogP contribution in [0.1, 0.15) is 33.6 Å². The number of aliphatic hydroxyl groups is 1. The average Bonchev–Trinajstić information content (AvgIpc) is 2.08. The van der Waals surface area contributed by atoms with Crippen LogP contribution in [0.15, 0.2) is 0 Å². The molecule has 1 amide bonds. The van der Waals surface area contributed by atoms with E-state index in [0.29, 0.717) is 6.42 Å². The molecule has 0 aliphatic rings. The van der Waals surface area contributed by atoms with Crippen molar-refractivity contribution in [1.29, 1.82) is 0 Å². The fourth-order valence-corrected chi connectivity index (χ4v) is 1.00. The van der Waals surface area contributed by atoms with Crippen LogP contribution in [-0.2, 0) is 9.53 Å². The Hall–Kier alpha value is -1.30. The zero-order chi connectivity index (χ0) is 12.8. The normalized spacial score (nSPS) is 13.0. The number of carbonyl (C=O) groups excluding carboxylic acids is 1. The summed E-state index contributed by atoms with van der Waals surface area (Å²) in [4.78, 5) is 22.0. The van der Waals surface area contributed by atoms with Gasteiger partial charge >= 0.3 is 12.1 Å². The van der Waals surface area contributed by atoms with Crippen LogP contribution in [0.3, 0.4) is 0 Å². The smallest absolute Gasteiger partial charge is 0.408 e. The summed E-state index contributed by atoms with van der Waals surface area (Å²) < 4.78 is 4.92. The van der Waals surface area contributed by atoms with Crippen LogP contribution in [0.2, 0.25) is 0 Å². The average molecular weight is 233 g/mol. The fourth-order valence-electron chi connectivity index (χ4n) is 1.00. The second-order valence-electron chi connectivity index (χ2n) is 4.40. The van der Waals surface area contributed by atoms with Crippen molar-refractivity contribution >= 4 is 12.1 Å². The van der Waals surface area contributed by atoms with Gasteiger partial charge in [0, 0.05) is 6.61 Å². The third-order valence-corrected chi connectivity index (χ3v) is 1.64. The molecule has 6 nitrogen and oxygen atoms in total. The van der Waals surface area contributed by atoms with Crippen LogP contribution in [0.25, 0.3) is 0 Å². The number of carboxylic acid groups (broad SMARTS) is 1. The van der Waals surface area contributed by atoms with Crippen molar-refractivity contribution in [2.75, 3.05) is 6.61 Å². The number of alkyl carbamates (subject to hydrolysis) is 1. The molecular formula is C10H19NO5. The summed E-state index contributed by atoms with van der Waals surface area (Å²) in [5.41, 5.74) is -0.663. The summed E-state index contributed by atoms with van der Waals surface area (Å²) in [5.74, 6) is -1.14. The zero-order valence-electron chi connectivity index (χ0n) is 9.82. The molecule has 0 heterocycles. The van der Waals surface area contributed by atoms with E-state index in [4.69, 9.17) is 14.9 Å². The summed E-state index contributed by atoms with van der Waals surface area (Å²) in [5, 5.41) is 19.6. The molecule has 0 aliphatic carbocycles. The van der Waals surface area contributed by atoms with Gasteiger partial charge in [0.2, 0.25) is 0 Å². The number of aliphatic hydroxyl groups excluding tert-OH is 1. The zero-order valence-corrected chi connectivity index (χ0v) is 9.82. The Balaban J connectivity index is 4.19. The molecule has 0 spiro atoms. The lowest BCUT2D eigenvalue weighted by atomic mass is 10.1. The molecule has 0 aromatic rings. The van der Waals surface area contributed by atoms with Gasteiger partial charge in [0.05, 0.1) is 0 Å². The number of nitrogens with one attached hydrogen (secondary N) is 1. The van der Waals surface area contributed by atoms with Gasteiger partial charge < -0.3 is 20.3 Å². The van der Waals surface area contributed by atoms with E-state index in [1.54, 1.807) is 20.8 Å². The number of hydrogen-bond donors (Lipinski definition) is 3. The molecule has 0 aromatic heterocycles. The molecule has 1 atom stereocenters. The minimum absolute atomic E-state index is 0.111. The number of amides is 1. The molecule has 16 heavy (non-hydrogen) atoms. The molecule has 6 heteroatoms. The molecule has 0 rings (SSSR count). The lowest BCUT2D eigenvalue weighted by Gasteiger charge is -2.21. The van der Waals surface area contributed by atoms with Gasteiger partial charge in [0.15, 0.2) is 0 Å². The topological polar surface area (TPSA) is 95.9 Å². The largest absolute Gasteiger partial charge is 0.480 e. The van der Waals surface area contributed by atoms with E-state index in [2.05, 4.69) is 5.32 Å². The highest BCUT2D eigenvalue weighted by molar-refractivity contribution is 5.79. The van der Waals surface area contributed by atoms with Crippen molar-refractivity contribution in [3.05, 3.63) is 0 Å². The monoisotopic (exact) mass is 233 g/mol. The van der Waals surface area contributed by atoms with E-state index < -0.39 is 23.7 Å². The van der Waals surface area contributed by atoms with Crippen LogP contribution in [0.4, 0.5) is 4.79 Å². The Morgan fingerprint density at radius 3 is 2.31 bits per heavy atom. The lowest BCUT2D eigenvalue weighted by Crippen LogP contribution is -2.43. The molecule has 1 unspecified atom stereocenters. The van der Waals surface area contributed by atoms with E-state index >= 15 is 0 Å². The lowest BCUT2D eigenvalue weighted by molar-refractivity contribution is -0.139. The Morgan fingerprint density at radius 1 is 1.38 bits per heavy atom. The Morgan fingerprint density at radius 2 is 1.94 bits per heavy atom. The minimum atomic E-state index is -1.14. The SMILES string of the molecule is CC(C)(C)OC(=O)NC(CCCO)C(=O)O. The maximum Gasteiger partial charge on any atom is 0.408 e. The van der Waals surface area contributed by atoms with Crippen molar-refractivity contribution < 1.29 is 24.5 Å². The van der Waals surface area contributed by atoms with Crippen LogP contribution in [-0.4, -0.2) is 40.5 Å². The number of carbonyl (C=O) groups is 2. The van der Waals surface area contributed by atoms with Gasteiger partial charge in [-0.2, -0.15) is 0 Å². The maximum atomic E-state index is 11.3.